The fraction of sp³-hybridized carbons (Fsp3) is 0.105. The molecule has 0 atom stereocenters. The average Bonchev–Trinajstić information content (AvgIpc) is 2.58. The first kappa shape index (κ1) is 16.3. The molecule has 0 fully saturated rings. The quantitative estimate of drug-likeness (QED) is 0.728. The van der Waals surface area contributed by atoms with Crippen molar-refractivity contribution in [3.63, 3.8) is 0 Å². The van der Waals surface area contributed by atoms with E-state index < -0.39 is 0 Å². The van der Waals surface area contributed by atoms with Gasteiger partial charge in [-0.05, 0) is 36.8 Å². The van der Waals surface area contributed by atoms with Crippen LogP contribution < -0.4 is 5.32 Å². The number of nitrogens with zero attached hydrogens (tertiary/aromatic N) is 2. The second-order valence-corrected chi connectivity index (χ2v) is 6.32. The smallest absolute Gasteiger partial charge is 0.259 e. The molecule has 0 bridgehead atoms. The molecular weight excluding hydrogens is 366 g/mol. The van der Waals surface area contributed by atoms with Gasteiger partial charge in [-0.3, -0.25) is 4.79 Å². The fourth-order valence-corrected chi connectivity index (χ4v) is 2.60. The number of carbonyl (C=O) groups excluding carboxylic acids is 1. The van der Waals surface area contributed by atoms with Crippen molar-refractivity contribution in [2.24, 2.45) is 0 Å². The Morgan fingerprint density at radius 2 is 1.79 bits per heavy atom. The molecule has 0 saturated carbocycles. The number of rotatable bonds is 4. The first-order valence-electron chi connectivity index (χ1n) is 7.55. The minimum Gasteiger partial charge on any atom is -0.322 e. The normalized spacial score (nSPS) is 10.4. The highest BCUT2D eigenvalue weighted by Crippen LogP contribution is 2.16. The summed E-state index contributed by atoms with van der Waals surface area (Å²) in [6.07, 6.45) is 2.24. The molecule has 0 saturated heterocycles. The van der Waals surface area contributed by atoms with Gasteiger partial charge in [0.25, 0.3) is 5.91 Å². The van der Waals surface area contributed by atoms with Crippen molar-refractivity contribution in [2.45, 2.75) is 13.3 Å². The lowest BCUT2D eigenvalue weighted by Gasteiger charge is -2.08. The topological polar surface area (TPSA) is 54.9 Å². The molecule has 5 heteroatoms. The lowest BCUT2D eigenvalue weighted by atomic mass is 10.1. The summed E-state index contributed by atoms with van der Waals surface area (Å²) in [6.45, 7) is 1.83. The van der Waals surface area contributed by atoms with Gasteiger partial charge >= 0.3 is 0 Å². The maximum Gasteiger partial charge on any atom is 0.259 e. The molecule has 0 unspecified atom stereocenters. The van der Waals surface area contributed by atoms with Crippen LogP contribution in [-0.2, 0) is 6.42 Å². The molecular formula is C19H16BrN3O. The zero-order valence-corrected chi connectivity index (χ0v) is 14.7. The van der Waals surface area contributed by atoms with Crippen molar-refractivity contribution in [1.29, 1.82) is 0 Å². The number of carbonyl (C=O) groups is 1. The van der Waals surface area contributed by atoms with E-state index in [1.807, 2.05) is 61.5 Å². The molecule has 4 nitrogen and oxygen atoms in total. The molecule has 0 spiro atoms. The number of hydrogen-bond donors (Lipinski definition) is 1. The average molecular weight is 382 g/mol. The summed E-state index contributed by atoms with van der Waals surface area (Å²) < 4.78 is 0.963. The molecule has 0 aliphatic heterocycles. The minimum atomic E-state index is -0.207. The van der Waals surface area contributed by atoms with E-state index in [-0.39, 0.29) is 5.91 Å². The zero-order valence-electron chi connectivity index (χ0n) is 13.2. The number of benzene rings is 2. The van der Waals surface area contributed by atoms with Crippen molar-refractivity contribution < 1.29 is 4.79 Å². The third kappa shape index (κ3) is 4.06. The van der Waals surface area contributed by atoms with Crippen molar-refractivity contribution in [3.05, 3.63) is 87.9 Å². The van der Waals surface area contributed by atoms with Crippen LogP contribution in [-0.4, -0.2) is 15.9 Å². The van der Waals surface area contributed by atoms with Gasteiger partial charge in [-0.1, -0.05) is 46.3 Å². The van der Waals surface area contributed by atoms with Crippen LogP contribution in [0, 0.1) is 6.92 Å². The summed E-state index contributed by atoms with van der Waals surface area (Å²) in [7, 11) is 0. The van der Waals surface area contributed by atoms with Crippen LogP contribution >= 0.6 is 15.9 Å². The Kier molecular flexibility index (Phi) is 5.01. The summed E-state index contributed by atoms with van der Waals surface area (Å²) in [5.41, 5.74) is 3.03. The largest absolute Gasteiger partial charge is 0.322 e. The molecule has 0 aliphatic rings. The number of aromatic nitrogens is 2. The number of amides is 1. The molecule has 0 radical (unpaired) electrons. The van der Waals surface area contributed by atoms with Gasteiger partial charge in [0.1, 0.15) is 5.82 Å². The summed E-state index contributed by atoms with van der Waals surface area (Å²) in [6, 6.07) is 17.4. The van der Waals surface area contributed by atoms with Crippen LogP contribution in [0.1, 0.15) is 27.4 Å². The van der Waals surface area contributed by atoms with Gasteiger partial charge in [0.15, 0.2) is 0 Å². The highest BCUT2D eigenvalue weighted by molar-refractivity contribution is 9.10. The number of anilines is 1. The number of hydrogen-bond acceptors (Lipinski definition) is 3. The maximum atomic E-state index is 12.4. The summed E-state index contributed by atoms with van der Waals surface area (Å²) in [5.74, 6) is 0.500. The van der Waals surface area contributed by atoms with E-state index in [4.69, 9.17) is 0 Å². The van der Waals surface area contributed by atoms with Crippen LogP contribution in [0.25, 0.3) is 0 Å². The van der Waals surface area contributed by atoms with Gasteiger partial charge in [-0.15, -0.1) is 0 Å². The molecule has 1 amide bonds. The first-order valence-corrected chi connectivity index (χ1v) is 8.34. The number of halogens is 1. The van der Waals surface area contributed by atoms with Crippen LogP contribution in [0.15, 0.2) is 65.3 Å². The monoisotopic (exact) mass is 381 g/mol. The van der Waals surface area contributed by atoms with Crippen molar-refractivity contribution >= 4 is 27.5 Å². The highest BCUT2D eigenvalue weighted by atomic mass is 79.9. The van der Waals surface area contributed by atoms with Crippen molar-refractivity contribution in [1.82, 2.24) is 9.97 Å². The van der Waals surface area contributed by atoms with E-state index in [1.54, 1.807) is 6.20 Å². The Hall–Kier alpha value is -2.53. The molecule has 3 aromatic rings. The second kappa shape index (κ2) is 7.36. The molecule has 2 aromatic carbocycles. The Morgan fingerprint density at radius 1 is 1.08 bits per heavy atom. The summed E-state index contributed by atoms with van der Waals surface area (Å²) in [5, 5.41) is 2.86. The van der Waals surface area contributed by atoms with Gasteiger partial charge in [0.05, 0.1) is 11.3 Å². The van der Waals surface area contributed by atoms with E-state index in [2.05, 4.69) is 31.2 Å². The number of aryl methyl sites for hydroxylation is 1. The molecule has 1 aromatic heterocycles. The molecule has 0 aliphatic carbocycles. The van der Waals surface area contributed by atoms with Crippen LogP contribution in [0.4, 0.5) is 5.69 Å². The SMILES string of the molecule is Cc1nc(Cc2ccccc2)ncc1C(=O)Nc1ccc(Br)cc1. The first-order chi connectivity index (χ1) is 11.6. The number of nitrogens with one attached hydrogen (secondary N) is 1. The molecule has 24 heavy (non-hydrogen) atoms. The van der Waals surface area contributed by atoms with Gasteiger partial charge < -0.3 is 5.32 Å². The fourth-order valence-electron chi connectivity index (χ4n) is 2.33. The van der Waals surface area contributed by atoms with Crippen molar-refractivity contribution in [3.8, 4) is 0 Å². The Bertz CT molecular complexity index is 848. The Morgan fingerprint density at radius 3 is 2.46 bits per heavy atom. The van der Waals surface area contributed by atoms with Gasteiger partial charge in [0.2, 0.25) is 0 Å². The van der Waals surface area contributed by atoms with Gasteiger partial charge in [-0.25, -0.2) is 9.97 Å². The predicted molar refractivity (Wildman–Crippen MR) is 98.1 cm³/mol. The van der Waals surface area contributed by atoms with Crippen LogP contribution in [0.5, 0.6) is 0 Å². The highest BCUT2D eigenvalue weighted by Gasteiger charge is 2.12. The van der Waals surface area contributed by atoms with E-state index in [9.17, 15) is 4.79 Å². The van der Waals surface area contributed by atoms with E-state index in [1.165, 1.54) is 0 Å². The predicted octanol–water partition coefficient (Wildman–Crippen LogP) is 4.39. The minimum absolute atomic E-state index is 0.207. The van der Waals surface area contributed by atoms with Crippen LogP contribution in [0.3, 0.4) is 0 Å². The van der Waals surface area contributed by atoms with Crippen LogP contribution in [0.2, 0.25) is 0 Å². The Balaban J connectivity index is 1.74. The van der Waals surface area contributed by atoms with E-state index in [0.717, 1.165) is 15.7 Å². The third-order valence-electron chi connectivity index (χ3n) is 3.58. The van der Waals surface area contributed by atoms with Gasteiger partial charge in [-0.2, -0.15) is 0 Å². The van der Waals surface area contributed by atoms with Gasteiger partial charge in [0, 0.05) is 22.8 Å². The van der Waals surface area contributed by atoms with E-state index >= 15 is 0 Å². The standard InChI is InChI=1S/C19H16BrN3O/c1-13-17(19(24)23-16-9-7-15(20)8-10-16)12-21-18(22-13)11-14-5-3-2-4-6-14/h2-10,12H,11H2,1H3,(H,23,24). The summed E-state index contributed by atoms with van der Waals surface area (Å²) >= 11 is 3.37. The molecule has 120 valence electrons. The molecule has 1 heterocycles. The second-order valence-electron chi connectivity index (χ2n) is 5.41. The molecule has 1 N–H and O–H groups in total. The third-order valence-corrected chi connectivity index (χ3v) is 4.11. The lowest BCUT2D eigenvalue weighted by Crippen LogP contribution is -2.15. The Labute approximate surface area is 149 Å². The van der Waals surface area contributed by atoms with E-state index in [0.29, 0.717) is 23.5 Å². The molecule has 3 rings (SSSR count). The zero-order chi connectivity index (χ0) is 16.9. The lowest BCUT2D eigenvalue weighted by molar-refractivity contribution is 0.102. The maximum absolute atomic E-state index is 12.4. The summed E-state index contributed by atoms with van der Waals surface area (Å²) in [4.78, 5) is 21.2. The van der Waals surface area contributed by atoms with Crippen molar-refractivity contribution in [2.75, 3.05) is 5.32 Å².